The summed E-state index contributed by atoms with van der Waals surface area (Å²) in [5.41, 5.74) is 3.24. The van der Waals surface area contributed by atoms with Gasteiger partial charge in [-0.15, -0.1) is 5.10 Å². The van der Waals surface area contributed by atoms with Gasteiger partial charge in [-0.3, -0.25) is 9.80 Å². The Bertz CT molecular complexity index is 1280. The third-order valence-corrected chi connectivity index (χ3v) is 7.49. The van der Waals surface area contributed by atoms with Gasteiger partial charge < -0.3 is 4.52 Å². The lowest BCUT2D eigenvalue weighted by atomic mass is 9.91. The lowest BCUT2D eigenvalue weighted by molar-refractivity contribution is 0.127. The lowest BCUT2D eigenvalue weighted by Crippen LogP contribution is -2.42. The van der Waals surface area contributed by atoms with Crippen LogP contribution >= 0.6 is 0 Å². The minimum atomic E-state index is -0.0713. The molecule has 0 spiro atoms. The highest BCUT2D eigenvalue weighted by Gasteiger charge is 2.32. The average molecular weight is 485 g/mol. The van der Waals surface area contributed by atoms with Gasteiger partial charge in [0, 0.05) is 38.2 Å². The summed E-state index contributed by atoms with van der Waals surface area (Å²) in [4.78, 5) is 9.68. The molecule has 0 amide bonds. The van der Waals surface area contributed by atoms with E-state index in [0.29, 0.717) is 18.3 Å². The summed E-state index contributed by atoms with van der Waals surface area (Å²) >= 11 is 0. The Morgan fingerprint density at radius 1 is 0.972 bits per heavy atom. The topological polar surface area (TPSA) is 89.0 Å². The zero-order valence-electron chi connectivity index (χ0n) is 20.7. The standard InChI is InChI=1S/C27H32N8O/c1-20-28-26(30-36-20)23-11-5-10-22(18-23)25(34-15-7-14-33(16-17-34)24-12-6-13-24)27-29-31-32-35(27)19-21-8-3-2-4-9-21/h2-5,8-11,18,24-25H,6-7,12-17,19H2,1H3. The van der Waals surface area contributed by atoms with Gasteiger partial charge in [0.25, 0.3) is 0 Å². The van der Waals surface area contributed by atoms with Crippen molar-refractivity contribution in [3.8, 4) is 11.4 Å². The van der Waals surface area contributed by atoms with Crippen LogP contribution in [0.5, 0.6) is 0 Å². The van der Waals surface area contributed by atoms with Gasteiger partial charge in [-0.05, 0) is 53.4 Å². The highest BCUT2D eigenvalue weighted by Crippen LogP contribution is 2.32. The Morgan fingerprint density at radius 2 is 1.86 bits per heavy atom. The zero-order valence-corrected chi connectivity index (χ0v) is 20.7. The summed E-state index contributed by atoms with van der Waals surface area (Å²) in [6.07, 6.45) is 5.18. The van der Waals surface area contributed by atoms with E-state index in [2.05, 4.69) is 77.9 Å². The Kier molecular flexibility index (Phi) is 6.57. The Morgan fingerprint density at radius 3 is 2.64 bits per heavy atom. The molecule has 2 fully saturated rings. The molecule has 1 unspecified atom stereocenters. The summed E-state index contributed by atoms with van der Waals surface area (Å²) < 4.78 is 7.19. The fourth-order valence-electron chi connectivity index (χ4n) is 5.40. The van der Waals surface area contributed by atoms with Crippen molar-refractivity contribution in [1.29, 1.82) is 0 Å². The first-order chi connectivity index (χ1) is 17.7. The number of hydrogen-bond donors (Lipinski definition) is 0. The highest BCUT2D eigenvalue weighted by atomic mass is 16.5. The molecule has 3 heterocycles. The van der Waals surface area contributed by atoms with Gasteiger partial charge >= 0.3 is 0 Å². The van der Waals surface area contributed by atoms with Crippen LogP contribution < -0.4 is 0 Å². The normalized spacial score (nSPS) is 18.6. The van der Waals surface area contributed by atoms with Crippen LogP contribution in [0.2, 0.25) is 0 Å². The second-order valence-corrected chi connectivity index (χ2v) is 9.86. The van der Waals surface area contributed by atoms with Gasteiger partial charge in [0.1, 0.15) is 0 Å². The van der Waals surface area contributed by atoms with Gasteiger partial charge in [-0.2, -0.15) is 4.98 Å². The molecule has 2 aliphatic rings. The first-order valence-electron chi connectivity index (χ1n) is 12.9. The molecule has 9 heteroatoms. The van der Waals surface area contributed by atoms with Crippen molar-refractivity contribution < 1.29 is 4.52 Å². The number of aromatic nitrogens is 6. The maximum atomic E-state index is 5.25. The van der Waals surface area contributed by atoms with Crippen molar-refractivity contribution in [1.82, 2.24) is 40.1 Å². The molecule has 0 radical (unpaired) electrons. The van der Waals surface area contributed by atoms with E-state index in [1.807, 2.05) is 23.7 Å². The van der Waals surface area contributed by atoms with E-state index in [9.17, 15) is 0 Å². The van der Waals surface area contributed by atoms with Gasteiger partial charge in [-0.25, -0.2) is 4.68 Å². The second-order valence-electron chi connectivity index (χ2n) is 9.86. The molecule has 2 aromatic heterocycles. The smallest absolute Gasteiger partial charge is 0.223 e. The van der Waals surface area contributed by atoms with Gasteiger partial charge in [0.15, 0.2) is 5.82 Å². The molecule has 6 rings (SSSR count). The van der Waals surface area contributed by atoms with Crippen LogP contribution in [0, 0.1) is 6.92 Å². The molecule has 36 heavy (non-hydrogen) atoms. The Hall–Kier alpha value is -3.43. The van der Waals surface area contributed by atoms with E-state index in [4.69, 9.17) is 4.52 Å². The number of nitrogens with zero attached hydrogens (tertiary/aromatic N) is 8. The lowest BCUT2D eigenvalue weighted by Gasteiger charge is -2.37. The van der Waals surface area contributed by atoms with Crippen molar-refractivity contribution in [3.63, 3.8) is 0 Å². The fourth-order valence-corrected chi connectivity index (χ4v) is 5.40. The molecule has 186 valence electrons. The molecule has 1 saturated carbocycles. The third-order valence-electron chi connectivity index (χ3n) is 7.49. The van der Waals surface area contributed by atoms with Crippen LogP contribution in [0.3, 0.4) is 0 Å². The molecule has 1 aliphatic carbocycles. The molecular formula is C27H32N8O. The van der Waals surface area contributed by atoms with Crippen molar-refractivity contribution >= 4 is 0 Å². The number of rotatable bonds is 7. The third kappa shape index (κ3) is 4.81. The summed E-state index contributed by atoms with van der Waals surface area (Å²) in [7, 11) is 0. The van der Waals surface area contributed by atoms with E-state index < -0.39 is 0 Å². The zero-order chi connectivity index (χ0) is 24.3. The van der Waals surface area contributed by atoms with Crippen molar-refractivity contribution in [2.45, 2.75) is 51.2 Å². The largest absolute Gasteiger partial charge is 0.339 e. The van der Waals surface area contributed by atoms with Gasteiger partial charge in [0.2, 0.25) is 11.7 Å². The SMILES string of the molecule is Cc1nc(-c2cccc(C(c3nnnn3Cc3ccccc3)N3CCCN(C4CCC4)CC3)c2)no1. The highest BCUT2D eigenvalue weighted by molar-refractivity contribution is 5.56. The summed E-state index contributed by atoms with van der Waals surface area (Å²) in [6.45, 7) is 6.65. The predicted octanol–water partition coefficient (Wildman–Crippen LogP) is 3.73. The number of hydrogen-bond acceptors (Lipinski definition) is 8. The van der Waals surface area contributed by atoms with Crippen LogP contribution in [0.4, 0.5) is 0 Å². The predicted molar refractivity (Wildman–Crippen MR) is 135 cm³/mol. The molecular weight excluding hydrogens is 452 g/mol. The molecule has 1 saturated heterocycles. The summed E-state index contributed by atoms with van der Waals surface area (Å²) in [5, 5.41) is 17.2. The van der Waals surface area contributed by atoms with E-state index >= 15 is 0 Å². The molecule has 9 nitrogen and oxygen atoms in total. The fraction of sp³-hybridized carbons (Fsp3) is 0.444. The molecule has 0 bridgehead atoms. The van der Waals surface area contributed by atoms with Crippen molar-refractivity contribution in [2.75, 3.05) is 26.2 Å². The number of aryl methyl sites for hydroxylation is 1. The van der Waals surface area contributed by atoms with Crippen molar-refractivity contribution in [3.05, 3.63) is 77.4 Å². The van der Waals surface area contributed by atoms with E-state index in [1.54, 1.807) is 0 Å². The van der Waals surface area contributed by atoms with E-state index in [1.165, 1.54) is 24.8 Å². The Balaban J connectivity index is 1.35. The maximum absolute atomic E-state index is 5.25. The van der Waals surface area contributed by atoms with Crippen LogP contribution in [-0.2, 0) is 6.54 Å². The molecule has 4 aromatic rings. The maximum Gasteiger partial charge on any atom is 0.223 e. The molecule has 0 N–H and O–H groups in total. The average Bonchev–Trinajstić information content (AvgIpc) is 3.44. The Labute approximate surface area is 211 Å². The minimum absolute atomic E-state index is 0.0713. The monoisotopic (exact) mass is 484 g/mol. The number of benzene rings is 2. The molecule has 2 aromatic carbocycles. The quantitative estimate of drug-likeness (QED) is 0.392. The summed E-state index contributed by atoms with van der Waals surface area (Å²) in [5.74, 6) is 2.02. The first kappa shape index (κ1) is 23.0. The van der Waals surface area contributed by atoms with E-state index in [0.717, 1.165) is 55.6 Å². The van der Waals surface area contributed by atoms with Crippen molar-refractivity contribution in [2.24, 2.45) is 0 Å². The van der Waals surface area contributed by atoms with Crippen LogP contribution in [0.15, 0.2) is 59.1 Å². The first-order valence-corrected chi connectivity index (χ1v) is 12.9. The second kappa shape index (κ2) is 10.3. The van der Waals surface area contributed by atoms with Crippen LogP contribution in [0.25, 0.3) is 11.4 Å². The molecule has 1 aliphatic heterocycles. The number of tetrazole rings is 1. The molecule has 1 atom stereocenters. The van der Waals surface area contributed by atoms with Gasteiger partial charge in [-0.1, -0.05) is 60.1 Å². The minimum Gasteiger partial charge on any atom is -0.339 e. The van der Waals surface area contributed by atoms with Crippen LogP contribution in [0.1, 0.15) is 54.6 Å². The van der Waals surface area contributed by atoms with Crippen LogP contribution in [-0.4, -0.2) is 72.4 Å². The summed E-state index contributed by atoms with van der Waals surface area (Å²) in [6, 6.07) is 19.5. The van der Waals surface area contributed by atoms with Gasteiger partial charge in [0.05, 0.1) is 12.6 Å². The van der Waals surface area contributed by atoms with E-state index in [-0.39, 0.29) is 6.04 Å².